The highest BCUT2D eigenvalue weighted by Gasteiger charge is 2.27. The van der Waals surface area contributed by atoms with E-state index in [1.54, 1.807) is 50.2 Å². The predicted octanol–water partition coefficient (Wildman–Crippen LogP) is 1.47. The Morgan fingerprint density at radius 1 is 0.944 bits per heavy atom. The van der Waals surface area contributed by atoms with Crippen LogP contribution in [-0.4, -0.2) is 78.0 Å². The Labute approximate surface area is 213 Å². The Kier molecular flexibility index (Phi) is 11.2. The molecule has 0 unspecified atom stereocenters. The van der Waals surface area contributed by atoms with Gasteiger partial charge in [-0.25, -0.2) is 8.42 Å². The van der Waals surface area contributed by atoms with Crippen LogP contribution in [0.2, 0.25) is 0 Å². The van der Waals surface area contributed by atoms with Crippen LogP contribution in [-0.2, 0) is 14.8 Å². The van der Waals surface area contributed by atoms with Crippen LogP contribution < -0.4 is 25.4 Å². The third kappa shape index (κ3) is 8.21. The van der Waals surface area contributed by atoms with Crippen molar-refractivity contribution in [1.82, 2.24) is 20.3 Å². The molecule has 0 aliphatic heterocycles. The molecule has 0 bridgehead atoms. The molecule has 11 heteroatoms. The number of aryl methyl sites for hydroxylation is 2. The van der Waals surface area contributed by atoms with E-state index in [0.717, 1.165) is 17.4 Å². The van der Waals surface area contributed by atoms with Gasteiger partial charge >= 0.3 is 0 Å². The standard InChI is InChI=1S/C25H36N4O6S/c1-6-26-13-14-35-21-9-7-20(8-10-21)25(31)28-12-11-27-23(30)17-29(4)36(32,33)24-18(2)15-22(34-5)16-19(24)3/h7-10,15-16,26H,6,11-14,17H2,1-5H3,(H,27,30)(H,28,31). The number of methoxy groups -OCH3 is 1. The van der Waals surface area contributed by atoms with Gasteiger partial charge in [-0.2, -0.15) is 4.31 Å². The average molecular weight is 521 g/mol. The second-order valence-corrected chi connectivity index (χ2v) is 10.2. The predicted molar refractivity (Wildman–Crippen MR) is 138 cm³/mol. The zero-order chi connectivity index (χ0) is 26.7. The van der Waals surface area contributed by atoms with E-state index in [-0.39, 0.29) is 30.4 Å². The number of amides is 2. The number of nitrogens with zero attached hydrogens (tertiary/aromatic N) is 1. The van der Waals surface area contributed by atoms with Crippen molar-refractivity contribution < 1.29 is 27.5 Å². The van der Waals surface area contributed by atoms with Gasteiger partial charge < -0.3 is 25.4 Å². The van der Waals surface area contributed by atoms with E-state index < -0.39 is 15.9 Å². The smallest absolute Gasteiger partial charge is 0.251 e. The van der Waals surface area contributed by atoms with E-state index in [1.165, 1.54) is 14.2 Å². The van der Waals surface area contributed by atoms with Crippen molar-refractivity contribution in [3.63, 3.8) is 0 Å². The first kappa shape index (κ1) is 29.1. The van der Waals surface area contributed by atoms with Crippen LogP contribution >= 0.6 is 0 Å². The summed E-state index contributed by atoms with van der Waals surface area (Å²) in [4.78, 5) is 24.8. The highest BCUT2D eigenvalue weighted by atomic mass is 32.2. The second kappa shape index (κ2) is 13.8. The Bertz CT molecular complexity index is 1110. The number of hydrogen-bond donors (Lipinski definition) is 3. The van der Waals surface area contributed by atoms with E-state index in [2.05, 4.69) is 16.0 Å². The molecule has 0 aliphatic rings. The first-order chi connectivity index (χ1) is 17.1. The van der Waals surface area contributed by atoms with Gasteiger partial charge in [0.2, 0.25) is 15.9 Å². The molecule has 0 heterocycles. The number of carbonyl (C=O) groups excluding carboxylic acids is 2. The minimum Gasteiger partial charge on any atom is -0.497 e. The van der Waals surface area contributed by atoms with Crippen LogP contribution in [0.15, 0.2) is 41.3 Å². The molecule has 36 heavy (non-hydrogen) atoms. The number of hydrogen-bond acceptors (Lipinski definition) is 7. The molecule has 0 radical (unpaired) electrons. The summed E-state index contributed by atoms with van der Waals surface area (Å²) in [5.41, 5.74) is 1.54. The minimum atomic E-state index is -3.88. The monoisotopic (exact) mass is 520 g/mol. The summed E-state index contributed by atoms with van der Waals surface area (Å²) >= 11 is 0. The van der Waals surface area contributed by atoms with Gasteiger partial charge in [-0.15, -0.1) is 0 Å². The third-order valence-electron chi connectivity index (χ3n) is 5.35. The van der Waals surface area contributed by atoms with E-state index in [0.29, 0.717) is 34.8 Å². The lowest BCUT2D eigenvalue weighted by Crippen LogP contribution is -2.41. The Balaban J connectivity index is 1.80. The number of carbonyl (C=O) groups is 2. The van der Waals surface area contributed by atoms with Gasteiger partial charge in [0.15, 0.2) is 0 Å². The van der Waals surface area contributed by atoms with Crippen molar-refractivity contribution >= 4 is 21.8 Å². The molecule has 10 nitrogen and oxygen atoms in total. The van der Waals surface area contributed by atoms with Gasteiger partial charge in [0.1, 0.15) is 18.1 Å². The van der Waals surface area contributed by atoms with E-state index in [1.807, 2.05) is 6.92 Å². The summed E-state index contributed by atoms with van der Waals surface area (Å²) in [6.45, 7) is 7.55. The summed E-state index contributed by atoms with van der Waals surface area (Å²) in [6.07, 6.45) is 0. The molecule has 2 amide bonds. The fourth-order valence-corrected chi connectivity index (χ4v) is 5.07. The molecule has 0 atom stereocenters. The van der Waals surface area contributed by atoms with Crippen LogP contribution in [0.5, 0.6) is 11.5 Å². The van der Waals surface area contributed by atoms with Gasteiger partial charge in [-0.05, 0) is 67.9 Å². The molecule has 3 N–H and O–H groups in total. The second-order valence-electron chi connectivity index (χ2n) is 8.18. The largest absolute Gasteiger partial charge is 0.497 e. The molecule has 2 aromatic rings. The molecule has 0 saturated heterocycles. The maximum absolute atomic E-state index is 13.0. The highest BCUT2D eigenvalue weighted by molar-refractivity contribution is 7.89. The normalized spacial score (nSPS) is 11.3. The van der Waals surface area contributed by atoms with E-state index in [9.17, 15) is 18.0 Å². The first-order valence-electron chi connectivity index (χ1n) is 11.7. The Morgan fingerprint density at radius 3 is 2.14 bits per heavy atom. The van der Waals surface area contributed by atoms with Gasteiger partial charge in [-0.1, -0.05) is 6.92 Å². The summed E-state index contributed by atoms with van der Waals surface area (Å²) < 4.78 is 37.8. The number of likely N-dealkylation sites (N-methyl/N-ethyl adjacent to an activating group) is 2. The topological polar surface area (TPSA) is 126 Å². The Morgan fingerprint density at radius 2 is 1.56 bits per heavy atom. The fraction of sp³-hybridized carbons (Fsp3) is 0.440. The van der Waals surface area contributed by atoms with Crippen molar-refractivity contribution in [1.29, 1.82) is 0 Å². The molecular weight excluding hydrogens is 484 g/mol. The summed E-state index contributed by atoms with van der Waals surface area (Å²) in [7, 11) is -1.01. The number of benzene rings is 2. The van der Waals surface area contributed by atoms with Crippen molar-refractivity contribution in [2.75, 3.05) is 53.5 Å². The average Bonchev–Trinajstić information content (AvgIpc) is 2.84. The van der Waals surface area contributed by atoms with Gasteiger partial charge in [0.25, 0.3) is 5.91 Å². The molecule has 0 spiro atoms. The number of nitrogens with one attached hydrogen (secondary N) is 3. The van der Waals surface area contributed by atoms with Gasteiger partial charge in [0.05, 0.1) is 18.6 Å². The minimum absolute atomic E-state index is 0.153. The molecule has 2 rings (SSSR count). The van der Waals surface area contributed by atoms with Crippen molar-refractivity contribution in [3.05, 3.63) is 53.1 Å². The van der Waals surface area contributed by atoms with E-state index in [4.69, 9.17) is 9.47 Å². The summed E-state index contributed by atoms with van der Waals surface area (Å²) in [6, 6.07) is 10.1. The molecule has 2 aromatic carbocycles. The van der Waals surface area contributed by atoms with Crippen molar-refractivity contribution in [3.8, 4) is 11.5 Å². The van der Waals surface area contributed by atoms with Crippen LogP contribution in [0.25, 0.3) is 0 Å². The fourth-order valence-electron chi connectivity index (χ4n) is 3.53. The molecule has 0 fully saturated rings. The van der Waals surface area contributed by atoms with Gasteiger partial charge in [-0.3, -0.25) is 9.59 Å². The maximum atomic E-state index is 13.0. The van der Waals surface area contributed by atoms with E-state index >= 15 is 0 Å². The van der Waals surface area contributed by atoms with Crippen LogP contribution in [0.4, 0.5) is 0 Å². The summed E-state index contributed by atoms with van der Waals surface area (Å²) in [5, 5.41) is 8.51. The highest BCUT2D eigenvalue weighted by Crippen LogP contribution is 2.27. The molecular formula is C25H36N4O6S. The lowest BCUT2D eigenvalue weighted by molar-refractivity contribution is -0.121. The number of sulfonamides is 1. The SMILES string of the molecule is CCNCCOc1ccc(C(=O)NCCNC(=O)CN(C)S(=O)(=O)c2c(C)cc(OC)cc2C)cc1. The van der Waals surface area contributed by atoms with Crippen LogP contribution in [0, 0.1) is 13.8 Å². The quantitative estimate of drug-likeness (QED) is 0.322. The van der Waals surface area contributed by atoms with Gasteiger partial charge in [0, 0.05) is 32.2 Å². The molecule has 0 aliphatic carbocycles. The first-order valence-corrected chi connectivity index (χ1v) is 13.1. The maximum Gasteiger partial charge on any atom is 0.251 e. The number of rotatable bonds is 14. The molecule has 198 valence electrons. The molecule has 0 saturated carbocycles. The molecule has 0 aromatic heterocycles. The lowest BCUT2D eigenvalue weighted by atomic mass is 10.1. The lowest BCUT2D eigenvalue weighted by Gasteiger charge is -2.20. The number of ether oxygens (including phenoxy) is 2. The van der Waals surface area contributed by atoms with Crippen molar-refractivity contribution in [2.45, 2.75) is 25.7 Å². The van der Waals surface area contributed by atoms with Crippen LogP contribution in [0.1, 0.15) is 28.4 Å². The van der Waals surface area contributed by atoms with Crippen LogP contribution in [0.3, 0.4) is 0 Å². The zero-order valence-corrected chi connectivity index (χ0v) is 22.3. The zero-order valence-electron chi connectivity index (χ0n) is 21.5. The van der Waals surface area contributed by atoms with Crippen molar-refractivity contribution in [2.24, 2.45) is 0 Å². The Hall–Kier alpha value is -3.15. The summed E-state index contributed by atoms with van der Waals surface area (Å²) in [5.74, 6) is 0.484. The third-order valence-corrected chi connectivity index (χ3v) is 7.46.